The predicted molar refractivity (Wildman–Crippen MR) is 87.9 cm³/mol. The van der Waals surface area contributed by atoms with Crippen LogP contribution >= 0.6 is 0 Å². The summed E-state index contributed by atoms with van der Waals surface area (Å²) in [6.07, 6.45) is 1.33. The molecule has 0 radical (unpaired) electrons. The molecule has 1 rings (SSSR count). The number of likely N-dealkylation sites (N-methyl/N-ethyl adjacent to an activating group) is 1. The molecule has 0 aliphatic rings. The summed E-state index contributed by atoms with van der Waals surface area (Å²) in [6, 6.07) is 5.81. The van der Waals surface area contributed by atoms with Gasteiger partial charge in [0.15, 0.2) is 6.10 Å². The predicted octanol–water partition coefficient (Wildman–Crippen LogP) is 3.40. The highest BCUT2D eigenvalue weighted by Crippen LogP contribution is 2.18. The minimum Gasteiger partial charge on any atom is -0.478 e. The second-order valence-corrected chi connectivity index (χ2v) is 5.64. The molecule has 0 saturated heterocycles. The van der Waals surface area contributed by atoms with Gasteiger partial charge in [-0.1, -0.05) is 25.0 Å². The lowest BCUT2D eigenvalue weighted by Crippen LogP contribution is -2.42. The van der Waals surface area contributed by atoms with Gasteiger partial charge < -0.3 is 9.47 Å². The number of carbonyl (C=O) groups excluding carboxylic acids is 1. The van der Waals surface area contributed by atoms with Crippen LogP contribution in [0, 0.1) is 12.3 Å². The minimum absolute atomic E-state index is 0.0321. The molecule has 2 atom stereocenters. The first-order valence-corrected chi connectivity index (χ1v) is 7.81. The number of ether oxygens (including phenoxy) is 2. The average Bonchev–Trinajstić information content (AvgIpc) is 2.56. The molecule has 0 N–H and O–H groups in total. The molecule has 1 aromatic rings. The third-order valence-electron chi connectivity index (χ3n) is 3.57. The van der Waals surface area contributed by atoms with Crippen molar-refractivity contribution in [1.29, 1.82) is 0 Å². The van der Waals surface area contributed by atoms with Gasteiger partial charge in [0.05, 0.1) is 6.54 Å². The van der Waals surface area contributed by atoms with Gasteiger partial charge in [-0.2, -0.15) is 13.2 Å². The standard InChI is InChI=1S/C18H22F3NO3/c1-5-15(6-2)25-16-9-7-14(8-10-16)11-24-17(23)13(3)22(4)12-18(19,20)21/h1,7-10,13,15H,6,11-12H2,2-4H3/t13-,15+/m1/s1. The van der Waals surface area contributed by atoms with Crippen LogP contribution in [0.25, 0.3) is 0 Å². The van der Waals surface area contributed by atoms with Crippen LogP contribution in [0.5, 0.6) is 5.75 Å². The van der Waals surface area contributed by atoms with Crippen molar-refractivity contribution >= 4 is 5.97 Å². The number of rotatable bonds is 8. The molecule has 0 fully saturated rings. The van der Waals surface area contributed by atoms with Crippen LogP contribution in [0.3, 0.4) is 0 Å². The summed E-state index contributed by atoms with van der Waals surface area (Å²) in [6.45, 7) is 2.07. The van der Waals surface area contributed by atoms with Crippen molar-refractivity contribution in [2.75, 3.05) is 13.6 Å². The van der Waals surface area contributed by atoms with Gasteiger partial charge in [-0.05, 0) is 38.1 Å². The van der Waals surface area contributed by atoms with E-state index >= 15 is 0 Å². The molecule has 1 aromatic carbocycles. The van der Waals surface area contributed by atoms with Gasteiger partial charge in [-0.3, -0.25) is 9.69 Å². The molecular formula is C18H22F3NO3. The van der Waals surface area contributed by atoms with E-state index < -0.39 is 24.7 Å². The third kappa shape index (κ3) is 7.48. The van der Waals surface area contributed by atoms with Crippen LogP contribution < -0.4 is 4.74 Å². The Kier molecular flexibility index (Phi) is 7.78. The van der Waals surface area contributed by atoms with Crippen molar-refractivity contribution in [3.63, 3.8) is 0 Å². The molecule has 0 unspecified atom stereocenters. The largest absolute Gasteiger partial charge is 0.478 e. The molecule has 4 nitrogen and oxygen atoms in total. The fraction of sp³-hybridized carbons (Fsp3) is 0.500. The Labute approximate surface area is 145 Å². The van der Waals surface area contributed by atoms with Crippen LogP contribution in [0.2, 0.25) is 0 Å². The highest BCUT2D eigenvalue weighted by atomic mass is 19.4. The molecule has 138 valence electrons. The maximum Gasteiger partial charge on any atom is 0.401 e. The van der Waals surface area contributed by atoms with Crippen LogP contribution in [-0.2, 0) is 16.1 Å². The summed E-state index contributed by atoms with van der Waals surface area (Å²) in [7, 11) is 1.22. The molecule has 0 spiro atoms. The first-order chi connectivity index (χ1) is 11.7. The number of nitrogens with zero attached hydrogens (tertiary/aromatic N) is 1. The number of halogens is 3. The zero-order valence-electron chi connectivity index (χ0n) is 14.5. The Morgan fingerprint density at radius 2 is 1.92 bits per heavy atom. The van der Waals surface area contributed by atoms with Crippen molar-refractivity contribution < 1.29 is 27.4 Å². The maximum atomic E-state index is 12.3. The van der Waals surface area contributed by atoms with Gasteiger partial charge in [0.2, 0.25) is 0 Å². The van der Waals surface area contributed by atoms with E-state index in [9.17, 15) is 18.0 Å². The summed E-state index contributed by atoms with van der Waals surface area (Å²) in [4.78, 5) is 12.7. The van der Waals surface area contributed by atoms with E-state index in [1.165, 1.54) is 14.0 Å². The Morgan fingerprint density at radius 1 is 1.32 bits per heavy atom. The van der Waals surface area contributed by atoms with Gasteiger partial charge >= 0.3 is 12.1 Å². The van der Waals surface area contributed by atoms with E-state index in [1.54, 1.807) is 24.3 Å². The third-order valence-corrected chi connectivity index (χ3v) is 3.57. The first-order valence-electron chi connectivity index (χ1n) is 7.81. The van der Waals surface area contributed by atoms with Crippen LogP contribution in [-0.4, -0.2) is 42.8 Å². The number of alkyl halides is 3. The van der Waals surface area contributed by atoms with E-state index in [1.807, 2.05) is 6.92 Å². The molecule has 0 aliphatic carbocycles. The second kappa shape index (κ2) is 9.33. The van der Waals surface area contributed by atoms with Gasteiger partial charge in [0.25, 0.3) is 0 Å². The average molecular weight is 357 g/mol. The van der Waals surface area contributed by atoms with Crippen molar-refractivity contribution in [2.45, 2.75) is 45.2 Å². The van der Waals surface area contributed by atoms with Crippen molar-refractivity contribution in [2.24, 2.45) is 0 Å². The summed E-state index contributed by atoms with van der Waals surface area (Å²) >= 11 is 0. The number of hydrogen-bond donors (Lipinski definition) is 0. The zero-order chi connectivity index (χ0) is 19.0. The molecule has 7 heteroatoms. The van der Waals surface area contributed by atoms with Crippen LogP contribution in [0.4, 0.5) is 13.2 Å². The lowest BCUT2D eigenvalue weighted by molar-refractivity contribution is -0.162. The fourth-order valence-electron chi connectivity index (χ4n) is 1.94. The lowest BCUT2D eigenvalue weighted by atomic mass is 10.2. The number of carbonyl (C=O) groups is 1. The Balaban J connectivity index is 2.52. The smallest absolute Gasteiger partial charge is 0.401 e. The van der Waals surface area contributed by atoms with Crippen molar-refractivity contribution in [3.8, 4) is 18.1 Å². The summed E-state index contributed by atoms with van der Waals surface area (Å²) in [5.41, 5.74) is 0.695. The number of esters is 1. The molecular weight excluding hydrogens is 335 g/mol. The van der Waals surface area contributed by atoms with E-state index in [0.29, 0.717) is 17.7 Å². The molecule has 0 saturated carbocycles. The molecule has 0 aromatic heterocycles. The maximum absolute atomic E-state index is 12.3. The summed E-state index contributed by atoms with van der Waals surface area (Å²) in [5.74, 6) is 2.40. The topological polar surface area (TPSA) is 38.8 Å². The van der Waals surface area contributed by atoms with Gasteiger partial charge in [-0.25, -0.2) is 0 Å². The molecule has 0 heterocycles. The molecule has 0 amide bonds. The quantitative estimate of drug-likeness (QED) is 0.528. The Morgan fingerprint density at radius 3 is 2.40 bits per heavy atom. The molecule has 0 aliphatic heterocycles. The number of hydrogen-bond acceptors (Lipinski definition) is 4. The molecule has 25 heavy (non-hydrogen) atoms. The van der Waals surface area contributed by atoms with E-state index in [4.69, 9.17) is 15.9 Å². The summed E-state index contributed by atoms with van der Waals surface area (Å²) < 4.78 is 47.6. The van der Waals surface area contributed by atoms with Gasteiger partial charge in [-0.15, -0.1) is 6.42 Å². The van der Waals surface area contributed by atoms with Crippen LogP contribution in [0.1, 0.15) is 25.8 Å². The van der Waals surface area contributed by atoms with E-state index in [2.05, 4.69) is 5.92 Å². The lowest BCUT2D eigenvalue weighted by Gasteiger charge is -2.24. The number of benzene rings is 1. The van der Waals surface area contributed by atoms with Crippen LogP contribution in [0.15, 0.2) is 24.3 Å². The molecule has 0 bridgehead atoms. The number of terminal acetylenes is 1. The van der Waals surface area contributed by atoms with Crippen molar-refractivity contribution in [1.82, 2.24) is 4.90 Å². The summed E-state index contributed by atoms with van der Waals surface area (Å²) in [5, 5.41) is 0. The van der Waals surface area contributed by atoms with E-state index in [-0.39, 0.29) is 12.7 Å². The minimum atomic E-state index is -4.37. The van der Waals surface area contributed by atoms with Gasteiger partial charge in [0, 0.05) is 0 Å². The fourth-order valence-corrected chi connectivity index (χ4v) is 1.94. The Hall–Kier alpha value is -2.20. The van der Waals surface area contributed by atoms with E-state index in [0.717, 1.165) is 4.90 Å². The normalized spacial score (nSPS) is 13.8. The van der Waals surface area contributed by atoms with Crippen molar-refractivity contribution in [3.05, 3.63) is 29.8 Å². The first kappa shape index (κ1) is 20.8. The van der Waals surface area contributed by atoms with Gasteiger partial charge in [0.1, 0.15) is 18.4 Å². The highest BCUT2D eigenvalue weighted by molar-refractivity contribution is 5.75. The Bertz CT molecular complexity index is 593. The SMILES string of the molecule is C#C[C@@H](CC)Oc1ccc(COC(=O)[C@@H](C)N(C)CC(F)(F)F)cc1. The highest BCUT2D eigenvalue weighted by Gasteiger charge is 2.33. The monoisotopic (exact) mass is 357 g/mol. The zero-order valence-corrected chi connectivity index (χ0v) is 14.5. The second-order valence-electron chi connectivity index (χ2n) is 5.64.